The van der Waals surface area contributed by atoms with Crippen LogP contribution in [0.1, 0.15) is 34.1 Å². The minimum absolute atomic E-state index is 0.101. The molecule has 0 radical (unpaired) electrons. The number of esters is 1. The fourth-order valence-corrected chi connectivity index (χ4v) is 1.72. The zero-order valence-corrected chi connectivity index (χ0v) is 10.2. The van der Waals surface area contributed by atoms with E-state index < -0.39 is 5.60 Å². The molecule has 0 saturated carbocycles. The molecule has 1 N–H and O–H groups in total. The van der Waals surface area contributed by atoms with Crippen LogP contribution in [0, 0.1) is 0 Å². The monoisotopic (exact) mass is 220 g/mol. The highest BCUT2D eigenvalue weighted by Gasteiger charge is 2.23. The highest BCUT2D eigenvalue weighted by Crippen LogP contribution is 2.19. The minimum atomic E-state index is -0.426. The lowest BCUT2D eigenvalue weighted by Crippen LogP contribution is -2.30. The normalized spacial score (nSPS) is 13.8. The Morgan fingerprint density at radius 1 is 1.50 bits per heavy atom. The highest BCUT2D eigenvalue weighted by molar-refractivity contribution is 8.00. The van der Waals surface area contributed by atoms with Crippen molar-refractivity contribution in [3.05, 3.63) is 0 Å². The molecule has 84 valence electrons. The molecule has 0 amide bonds. The molecule has 0 bridgehead atoms. The van der Waals surface area contributed by atoms with E-state index in [2.05, 4.69) is 0 Å². The van der Waals surface area contributed by atoms with Gasteiger partial charge in [-0.2, -0.15) is 0 Å². The molecule has 1 unspecified atom stereocenters. The zero-order valence-electron chi connectivity index (χ0n) is 9.37. The standard InChI is InChI=1S/C10H20O3S/c1-5-8(14-7-6-11)9(12)13-10(2,3)4/h8,11H,5-7H2,1-4H3. The van der Waals surface area contributed by atoms with Gasteiger partial charge >= 0.3 is 5.97 Å². The second kappa shape index (κ2) is 6.30. The summed E-state index contributed by atoms with van der Waals surface area (Å²) >= 11 is 1.45. The van der Waals surface area contributed by atoms with Crippen molar-refractivity contribution in [2.45, 2.75) is 45.0 Å². The summed E-state index contributed by atoms with van der Waals surface area (Å²) in [6, 6.07) is 0. The van der Waals surface area contributed by atoms with E-state index in [1.54, 1.807) is 0 Å². The maximum absolute atomic E-state index is 11.6. The Bertz CT molecular complexity index is 175. The summed E-state index contributed by atoms with van der Waals surface area (Å²) < 4.78 is 5.25. The summed E-state index contributed by atoms with van der Waals surface area (Å²) in [7, 11) is 0. The van der Waals surface area contributed by atoms with Crippen LogP contribution >= 0.6 is 11.8 Å². The van der Waals surface area contributed by atoms with Crippen molar-refractivity contribution in [3.63, 3.8) is 0 Å². The Balaban J connectivity index is 4.04. The Morgan fingerprint density at radius 3 is 2.43 bits per heavy atom. The van der Waals surface area contributed by atoms with Crippen LogP contribution in [0.3, 0.4) is 0 Å². The lowest BCUT2D eigenvalue weighted by molar-refractivity contribution is -0.154. The Kier molecular flexibility index (Phi) is 6.20. The molecule has 0 rings (SSSR count). The van der Waals surface area contributed by atoms with E-state index >= 15 is 0 Å². The Morgan fingerprint density at radius 2 is 2.07 bits per heavy atom. The van der Waals surface area contributed by atoms with Crippen LogP contribution in [0.5, 0.6) is 0 Å². The van der Waals surface area contributed by atoms with E-state index in [0.29, 0.717) is 5.75 Å². The van der Waals surface area contributed by atoms with Gasteiger partial charge in [-0.25, -0.2) is 0 Å². The van der Waals surface area contributed by atoms with E-state index in [0.717, 1.165) is 6.42 Å². The van der Waals surface area contributed by atoms with Gasteiger partial charge in [-0.3, -0.25) is 4.79 Å². The second-order valence-corrected chi connectivity index (χ2v) is 5.34. The maximum atomic E-state index is 11.6. The molecule has 0 fully saturated rings. The molecule has 14 heavy (non-hydrogen) atoms. The fraction of sp³-hybridized carbons (Fsp3) is 0.900. The summed E-state index contributed by atoms with van der Waals surface area (Å²) in [5.74, 6) is 0.399. The quantitative estimate of drug-likeness (QED) is 0.718. The van der Waals surface area contributed by atoms with Crippen molar-refractivity contribution in [2.75, 3.05) is 12.4 Å². The van der Waals surface area contributed by atoms with E-state index in [1.165, 1.54) is 11.8 Å². The summed E-state index contributed by atoms with van der Waals surface area (Å²) in [6.45, 7) is 7.61. The number of carbonyl (C=O) groups is 1. The van der Waals surface area contributed by atoms with Crippen molar-refractivity contribution in [2.24, 2.45) is 0 Å². The Labute approximate surface area is 90.2 Å². The van der Waals surface area contributed by atoms with Gasteiger partial charge in [0.1, 0.15) is 10.9 Å². The first-order valence-corrected chi connectivity index (χ1v) is 5.91. The van der Waals surface area contributed by atoms with Crippen molar-refractivity contribution in [1.82, 2.24) is 0 Å². The van der Waals surface area contributed by atoms with Crippen LogP contribution in [-0.2, 0) is 9.53 Å². The summed E-state index contributed by atoms with van der Waals surface area (Å²) in [5.41, 5.74) is -0.426. The minimum Gasteiger partial charge on any atom is -0.459 e. The Hall–Kier alpha value is -0.220. The number of thioether (sulfide) groups is 1. The molecule has 0 heterocycles. The molecule has 4 heteroatoms. The van der Waals surface area contributed by atoms with E-state index in [-0.39, 0.29) is 17.8 Å². The van der Waals surface area contributed by atoms with Crippen molar-refractivity contribution >= 4 is 17.7 Å². The number of hydrogen-bond acceptors (Lipinski definition) is 4. The zero-order chi connectivity index (χ0) is 11.2. The van der Waals surface area contributed by atoms with Crippen molar-refractivity contribution < 1.29 is 14.6 Å². The van der Waals surface area contributed by atoms with E-state index in [4.69, 9.17) is 9.84 Å². The third-order valence-electron chi connectivity index (χ3n) is 1.45. The molecule has 0 aromatic carbocycles. The molecule has 0 aromatic rings. The van der Waals surface area contributed by atoms with Crippen LogP contribution in [0.4, 0.5) is 0 Å². The average molecular weight is 220 g/mol. The van der Waals surface area contributed by atoms with Gasteiger partial charge in [0.25, 0.3) is 0 Å². The number of aliphatic hydroxyl groups excluding tert-OH is 1. The third kappa shape index (κ3) is 6.27. The summed E-state index contributed by atoms with van der Waals surface area (Å²) in [6.07, 6.45) is 0.736. The molecule has 1 atom stereocenters. The number of rotatable bonds is 5. The van der Waals surface area contributed by atoms with Gasteiger partial charge in [0.2, 0.25) is 0 Å². The molecule has 0 aliphatic rings. The number of carbonyl (C=O) groups excluding carboxylic acids is 1. The lowest BCUT2D eigenvalue weighted by Gasteiger charge is -2.22. The topological polar surface area (TPSA) is 46.5 Å². The van der Waals surface area contributed by atoms with Gasteiger partial charge in [-0.15, -0.1) is 11.8 Å². The van der Waals surface area contributed by atoms with Gasteiger partial charge in [-0.1, -0.05) is 6.92 Å². The predicted molar refractivity (Wildman–Crippen MR) is 59.5 cm³/mol. The van der Waals surface area contributed by atoms with Crippen LogP contribution in [0.25, 0.3) is 0 Å². The first-order valence-electron chi connectivity index (χ1n) is 4.86. The van der Waals surface area contributed by atoms with E-state index in [9.17, 15) is 4.79 Å². The van der Waals surface area contributed by atoms with Crippen molar-refractivity contribution in [1.29, 1.82) is 0 Å². The van der Waals surface area contributed by atoms with Gasteiger partial charge in [0.15, 0.2) is 0 Å². The predicted octanol–water partition coefficient (Wildman–Crippen LogP) is 1.83. The lowest BCUT2D eigenvalue weighted by atomic mass is 10.2. The second-order valence-electron chi connectivity index (χ2n) is 4.02. The molecule has 0 aromatic heterocycles. The average Bonchev–Trinajstić information content (AvgIpc) is 2.02. The molecule has 0 saturated heterocycles. The maximum Gasteiger partial charge on any atom is 0.319 e. The molecule has 0 aliphatic heterocycles. The van der Waals surface area contributed by atoms with Gasteiger partial charge < -0.3 is 9.84 Å². The molecule has 0 aliphatic carbocycles. The largest absolute Gasteiger partial charge is 0.459 e. The SMILES string of the molecule is CCC(SCCO)C(=O)OC(C)(C)C. The first-order chi connectivity index (χ1) is 6.40. The van der Waals surface area contributed by atoms with Crippen LogP contribution in [0.15, 0.2) is 0 Å². The first kappa shape index (κ1) is 13.8. The highest BCUT2D eigenvalue weighted by atomic mass is 32.2. The van der Waals surface area contributed by atoms with Gasteiger partial charge in [-0.05, 0) is 27.2 Å². The van der Waals surface area contributed by atoms with Crippen LogP contribution in [-0.4, -0.2) is 34.3 Å². The summed E-state index contributed by atoms with van der Waals surface area (Å²) in [5, 5.41) is 8.50. The van der Waals surface area contributed by atoms with Gasteiger partial charge in [0, 0.05) is 5.75 Å². The molecular weight excluding hydrogens is 200 g/mol. The van der Waals surface area contributed by atoms with Gasteiger partial charge in [0.05, 0.1) is 6.61 Å². The molecule has 3 nitrogen and oxygen atoms in total. The van der Waals surface area contributed by atoms with Crippen LogP contribution in [0.2, 0.25) is 0 Å². The van der Waals surface area contributed by atoms with Crippen molar-refractivity contribution in [3.8, 4) is 0 Å². The fourth-order valence-electron chi connectivity index (χ4n) is 0.915. The molecular formula is C10H20O3S. The van der Waals surface area contributed by atoms with Crippen LogP contribution < -0.4 is 0 Å². The smallest absolute Gasteiger partial charge is 0.319 e. The number of aliphatic hydroxyl groups is 1. The van der Waals surface area contributed by atoms with E-state index in [1.807, 2.05) is 27.7 Å². The number of hydrogen-bond donors (Lipinski definition) is 1. The molecule has 0 spiro atoms. The third-order valence-corrected chi connectivity index (χ3v) is 2.80. The number of ether oxygens (including phenoxy) is 1. The summed E-state index contributed by atoms with van der Waals surface area (Å²) in [4.78, 5) is 11.6.